The Morgan fingerprint density at radius 3 is 2.16 bits per heavy atom. The van der Waals surface area contributed by atoms with E-state index >= 15 is 0 Å². The molecule has 0 saturated carbocycles. The van der Waals surface area contributed by atoms with Crippen LogP contribution >= 0.6 is 11.6 Å². The van der Waals surface area contributed by atoms with Gasteiger partial charge >= 0.3 is 0 Å². The molecule has 0 radical (unpaired) electrons. The summed E-state index contributed by atoms with van der Waals surface area (Å²) in [6, 6.07) is 21.0. The van der Waals surface area contributed by atoms with Gasteiger partial charge in [-0.15, -0.1) is 0 Å². The van der Waals surface area contributed by atoms with Gasteiger partial charge in [-0.1, -0.05) is 65.7 Å². The number of anilines is 1. The van der Waals surface area contributed by atoms with Gasteiger partial charge in [-0.2, -0.15) is 0 Å². The molecule has 3 aromatic carbocycles. The summed E-state index contributed by atoms with van der Waals surface area (Å²) < 4.78 is 28.5. The molecule has 0 spiro atoms. The van der Waals surface area contributed by atoms with Crippen LogP contribution in [-0.4, -0.2) is 43.3 Å². The van der Waals surface area contributed by atoms with Crippen molar-refractivity contribution >= 4 is 39.1 Å². The zero-order chi connectivity index (χ0) is 28.1. The Labute approximate surface area is 230 Å². The molecule has 202 valence electrons. The summed E-state index contributed by atoms with van der Waals surface area (Å²) in [6.45, 7) is 8.79. The second kappa shape index (κ2) is 12.0. The quantitative estimate of drug-likeness (QED) is 0.394. The number of carbonyl (C=O) groups is 2. The van der Waals surface area contributed by atoms with E-state index in [1.165, 1.54) is 23.1 Å². The highest BCUT2D eigenvalue weighted by molar-refractivity contribution is 7.92. The molecule has 2 amide bonds. The molecule has 0 heterocycles. The SMILES string of the molecule is Cc1ccc(CN(C(=O)CN(c2cccc(Cl)c2)S(=O)(=O)c2ccccc2)[C@@H](C)C(=O)NC(C)(C)C)cc1. The second-order valence-corrected chi connectivity index (χ2v) is 12.5. The standard InChI is InChI=1S/C29H34ClN3O4S/c1-21-14-16-23(17-15-21)19-32(22(2)28(35)31-29(3,4)5)27(34)20-33(25-11-9-10-24(30)18-25)38(36,37)26-12-7-6-8-13-26/h6-18,22H,19-20H2,1-5H3,(H,31,35)/t22-/m0/s1. The van der Waals surface area contributed by atoms with E-state index in [1.54, 1.807) is 43.3 Å². The largest absolute Gasteiger partial charge is 0.350 e. The number of halogens is 1. The summed E-state index contributed by atoms with van der Waals surface area (Å²) >= 11 is 6.19. The first kappa shape index (κ1) is 29.2. The third-order valence-electron chi connectivity index (χ3n) is 5.85. The molecule has 0 fully saturated rings. The monoisotopic (exact) mass is 555 g/mol. The number of amides is 2. The van der Waals surface area contributed by atoms with Gasteiger partial charge in [-0.05, 0) is 70.5 Å². The van der Waals surface area contributed by atoms with Gasteiger partial charge in [0.25, 0.3) is 10.0 Å². The molecular weight excluding hydrogens is 522 g/mol. The molecular formula is C29H34ClN3O4S. The molecule has 0 saturated heterocycles. The molecule has 7 nitrogen and oxygen atoms in total. The first-order valence-electron chi connectivity index (χ1n) is 12.3. The van der Waals surface area contributed by atoms with E-state index in [4.69, 9.17) is 11.6 Å². The van der Waals surface area contributed by atoms with Gasteiger partial charge in [0.2, 0.25) is 11.8 Å². The van der Waals surface area contributed by atoms with Crippen LogP contribution < -0.4 is 9.62 Å². The molecule has 1 N–H and O–H groups in total. The predicted molar refractivity (Wildman–Crippen MR) is 152 cm³/mol. The lowest BCUT2D eigenvalue weighted by atomic mass is 10.1. The van der Waals surface area contributed by atoms with Crippen molar-refractivity contribution in [3.8, 4) is 0 Å². The Morgan fingerprint density at radius 1 is 0.947 bits per heavy atom. The Hall–Kier alpha value is -3.36. The van der Waals surface area contributed by atoms with E-state index < -0.39 is 34.1 Å². The first-order chi connectivity index (χ1) is 17.8. The molecule has 0 unspecified atom stereocenters. The minimum absolute atomic E-state index is 0.0383. The van der Waals surface area contributed by atoms with Crippen LogP contribution in [0.1, 0.15) is 38.8 Å². The zero-order valence-corrected chi connectivity index (χ0v) is 23.9. The van der Waals surface area contributed by atoms with Crippen molar-refractivity contribution in [2.24, 2.45) is 0 Å². The molecule has 0 aliphatic rings. The predicted octanol–water partition coefficient (Wildman–Crippen LogP) is 5.18. The molecule has 38 heavy (non-hydrogen) atoms. The number of rotatable bonds is 9. The average molecular weight is 556 g/mol. The van der Waals surface area contributed by atoms with Gasteiger partial charge in [-0.3, -0.25) is 13.9 Å². The maximum Gasteiger partial charge on any atom is 0.264 e. The normalized spacial score (nSPS) is 12.5. The summed E-state index contributed by atoms with van der Waals surface area (Å²) in [6.07, 6.45) is 0. The Balaban J connectivity index is 2.02. The van der Waals surface area contributed by atoms with Crippen molar-refractivity contribution in [1.29, 1.82) is 0 Å². The molecule has 0 aromatic heterocycles. The number of hydrogen-bond acceptors (Lipinski definition) is 4. The van der Waals surface area contributed by atoms with Gasteiger partial charge in [-0.25, -0.2) is 8.42 Å². The van der Waals surface area contributed by atoms with Crippen LogP contribution in [0.2, 0.25) is 5.02 Å². The minimum atomic E-state index is -4.13. The number of hydrogen-bond donors (Lipinski definition) is 1. The highest BCUT2D eigenvalue weighted by Crippen LogP contribution is 2.27. The Morgan fingerprint density at radius 2 is 1.58 bits per heavy atom. The number of aryl methyl sites for hydroxylation is 1. The molecule has 1 atom stereocenters. The second-order valence-electron chi connectivity index (χ2n) is 10.2. The first-order valence-corrected chi connectivity index (χ1v) is 14.1. The van der Waals surface area contributed by atoms with Crippen LogP contribution in [0.3, 0.4) is 0 Å². The van der Waals surface area contributed by atoms with Crippen LogP contribution in [-0.2, 0) is 26.2 Å². The van der Waals surface area contributed by atoms with E-state index in [0.717, 1.165) is 15.4 Å². The van der Waals surface area contributed by atoms with Crippen molar-refractivity contribution in [2.75, 3.05) is 10.8 Å². The Kier molecular flexibility index (Phi) is 9.22. The minimum Gasteiger partial charge on any atom is -0.350 e. The summed E-state index contributed by atoms with van der Waals surface area (Å²) in [5.41, 5.74) is 1.62. The van der Waals surface area contributed by atoms with Crippen molar-refractivity contribution in [1.82, 2.24) is 10.2 Å². The average Bonchev–Trinajstić information content (AvgIpc) is 2.85. The number of benzene rings is 3. The molecule has 0 aliphatic carbocycles. The van der Waals surface area contributed by atoms with E-state index in [2.05, 4.69) is 5.32 Å². The van der Waals surface area contributed by atoms with Gasteiger partial charge in [0, 0.05) is 17.1 Å². The van der Waals surface area contributed by atoms with Gasteiger partial charge < -0.3 is 10.2 Å². The third-order valence-corrected chi connectivity index (χ3v) is 7.87. The van der Waals surface area contributed by atoms with Gasteiger partial charge in [0.05, 0.1) is 10.6 Å². The van der Waals surface area contributed by atoms with E-state index in [-0.39, 0.29) is 23.0 Å². The fourth-order valence-electron chi connectivity index (χ4n) is 3.83. The van der Waals surface area contributed by atoms with Crippen molar-refractivity contribution in [3.63, 3.8) is 0 Å². The van der Waals surface area contributed by atoms with Crippen LogP contribution in [0, 0.1) is 6.92 Å². The van der Waals surface area contributed by atoms with Crippen molar-refractivity contribution in [3.05, 3.63) is 95.0 Å². The number of nitrogens with zero attached hydrogens (tertiary/aromatic N) is 2. The van der Waals surface area contributed by atoms with Gasteiger partial charge in [0.15, 0.2) is 0 Å². The van der Waals surface area contributed by atoms with Crippen molar-refractivity contribution < 1.29 is 18.0 Å². The molecule has 0 bridgehead atoms. The lowest BCUT2D eigenvalue weighted by molar-refractivity contribution is -0.140. The fourth-order valence-corrected chi connectivity index (χ4v) is 5.44. The summed E-state index contributed by atoms with van der Waals surface area (Å²) in [4.78, 5) is 28.4. The maximum atomic E-state index is 13.9. The van der Waals surface area contributed by atoms with Crippen molar-refractivity contribution in [2.45, 2.75) is 57.6 Å². The smallest absolute Gasteiger partial charge is 0.264 e. The summed E-state index contributed by atoms with van der Waals surface area (Å²) in [5, 5.41) is 3.25. The molecule has 9 heteroatoms. The van der Waals surface area contributed by atoms with E-state index in [9.17, 15) is 18.0 Å². The highest BCUT2D eigenvalue weighted by atomic mass is 35.5. The highest BCUT2D eigenvalue weighted by Gasteiger charge is 2.33. The molecule has 3 rings (SSSR count). The lowest BCUT2D eigenvalue weighted by Crippen LogP contribution is -2.54. The number of sulfonamides is 1. The topological polar surface area (TPSA) is 86.8 Å². The van der Waals surface area contributed by atoms with Crippen LogP contribution in [0.15, 0.2) is 83.8 Å². The van der Waals surface area contributed by atoms with Crippen LogP contribution in [0.25, 0.3) is 0 Å². The fraction of sp³-hybridized carbons (Fsp3) is 0.310. The zero-order valence-electron chi connectivity index (χ0n) is 22.3. The van der Waals surface area contributed by atoms with Gasteiger partial charge in [0.1, 0.15) is 12.6 Å². The lowest BCUT2D eigenvalue weighted by Gasteiger charge is -2.33. The number of nitrogens with one attached hydrogen (secondary N) is 1. The third kappa shape index (κ3) is 7.58. The Bertz CT molecular complexity index is 1370. The maximum absolute atomic E-state index is 13.9. The summed E-state index contributed by atoms with van der Waals surface area (Å²) in [7, 11) is -4.13. The molecule has 0 aliphatic heterocycles. The van der Waals surface area contributed by atoms with Crippen LogP contribution in [0.4, 0.5) is 5.69 Å². The summed E-state index contributed by atoms with van der Waals surface area (Å²) in [5.74, 6) is -0.861. The van der Waals surface area contributed by atoms with E-state index in [0.29, 0.717) is 5.02 Å². The molecule has 3 aromatic rings. The van der Waals surface area contributed by atoms with Crippen LogP contribution in [0.5, 0.6) is 0 Å². The number of carbonyl (C=O) groups excluding carboxylic acids is 2. The van der Waals surface area contributed by atoms with E-state index in [1.807, 2.05) is 52.0 Å².